The summed E-state index contributed by atoms with van der Waals surface area (Å²) in [7, 11) is 0. The van der Waals surface area contributed by atoms with E-state index in [4.69, 9.17) is 0 Å². The summed E-state index contributed by atoms with van der Waals surface area (Å²) in [4.78, 5) is 0. The van der Waals surface area contributed by atoms with Crippen molar-refractivity contribution in [3.05, 3.63) is 0 Å². The summed E-state index contributed by atoms with van der Waals surface area (Å²) in [5.74, 6) is 2.22. The number of nitrogens with one attached hydrogen (secondary N) is 1. The second kappa shape index (κ2) is 4.91. The molecule has 0 heterocycles. The predicted molar refractivity (Wildman–Crippen MR) is 73.0 cm³/mol. The average molecular weight is 235 g/mol. The fraction of sp³-hybridized carbons (Fsp3) is 1.00. The first-order valence-electron chi connectivity index (χ1n) is 8.05. The smallest absolute Gasteiger partial charge is 0.00700 e. The van der Waals surface area contributed by atoms with Crippen LogP contribution in [-0.4, -0.2) is 12.6 Å². The Bertz CT molecular complexity index is 252. The van der Waals surface area contributed by atoms with Crippen LogP contribution < -0.4 is 5.32 Å². The molecule has 0 aromatic heterocycles. The maximum absolute atomic E-state index is 3.92. The van der Waals surface area contributed by atoms with E-state index in [9.17, 15) is 0 Å². The maximum atomic E-state index is 3.92. The van der Waals surface area contributed by atoms with Crippen LogP contribution in [0.5, 0.6) is 0 Å². The minimum absolute atomic E-state index is 0.737. The van der Waals surface area contributed by atoms with Crippen LogP contribution in [0.3, 0.4) is 0 Å². The highest BCUT2D eigenvalue weighted by Crippen LogP contribution is 2.49. The van der Waals surface area contributed by atoms with Gasteiger partial charge in [-0.15, -0.1) is 0 Å². The van der Waals surface area contributed by atoms with Crippen molar-refractivity contribution in [3.8, 4) is 0 Å². The van der Waals surface area contributed by atoms with Crippen molar-refractivity contribution < 1.29 is 0 Å². The molecule has 2 atom stereocenters. The van der Waals surface area contributed by atoms with Crippen LogP contribution in [-0.2, 0) is 0 Å². The van der Waals surface area contributed by atoms with Gasteiger partial charge in [0.1, 0.15) is 0 Å². The summed E-state index contributed by atoms with van der Waals surface area (Å²) in [5, 5.41) is 3.92. The van der Waals surface area contributed by atoms with E-state index in [-0.39, 0.29) is 0 Å². The van der Waals surface area contributed by atoms with Gasteiger partial charge in [-0.1, -0.05) is 26.2 Å². The van der Waals surface area contributed by atoms with Gasteiger partial charge in [-0.05, 0) is 62.2 Å². The molecule has 3 rings (SSSR count). The van der Waals surface area contributed by atoms with Crippen LogP contribution in [0.4, 0.5) is 0 Å². The third-order valence-corrected chi connectivity index (χ3v) is 5.51. The molecule has 0 saturated heterocycles. The highest BCUT2D eigenvalue weighted by atomic mass is 14.9. The number of hydrogen-bond acceptors (Lipinski definition) is 1. The highest BCUT2D eigenvalue weighted by molar-refractivity contribution is 4.96. The quantitative estimate of drug-likeness (QED) is 0.730. The van der Waals surface area contributed by atoms with Crippen LogP contribution in [0.25, 0.3) is 0 Å². The molecule has 0 spiro atoms. The van der Waals surface area contributed by atoms with Crippen LogP contribution in [0, 0.1) is 17.3 Å². The Morgan fingerprint density at radius 1 is 1.06 bits per heavy atom. The molecule has 1 N–H and O–H groups in total. The van der Waals surface area contributed by atoms with Crippen molar-refractivity contribution >= 4 is 0 Å². The topological polar surface area (TPSA) is 12.0 Å². The van der Waals surface area contributed by atoms with Crippen LogP contribution in [0.2, 0.25) is 0 Å². The van der Waals surface area contributed by atoms with E-state index in [0.29, 0.717) is 0 Å². The van der Waals surface area contributed by atoms with Crippen LogP contribution in [0.15, 0.2) is 0 Å². The van der Waals surface area contributed by atoms with Crippen molar-refractivity contribution in [1.82, 2.24) is 5.32 Å². The fourth-order valence-electron chi connectivity index (χ4n) is 3.99. The molecule has 0 aromatic carbocycles. The fourth-order valence-corrected chi connectivity index (χ4v) is 3.99. The molecular weight excluding hydrogens is 206 g/mol. The SMILES string of the molecule is CCCC1(CNC2CCCC(C3CC3)C2)CC1. The zero-order valence-electron chi connectivity index (χ0n) is 11.5. The van der Waals surface area contributed by atoms with Gasteiger partial charge in [0.05, 0.1) is 0 Å². The van der Waals surface area contributed by atoms with E-state index < -0.39 is 0 Å². The molecule has 2 unspecified atom stereocenters. The summed E-state index contributed by atoms with van der Waals surface area (Å²) < 4.78 is 0. The Labute approximate surface area is 107 Å². The molecular formula is C16H29N. The molecule has 0 aromatic rings. The van der Waals surface area contributed by atoms with E-state index in [1.54, 1.807) is 0 Å². The van der Waals surface area contributed by atoms with Gasteiger partial charge in [-0.2, -0.15) is 0 Å². The number of hydrogen-bond donors (Lipinski definition) is 1. The standard InChI is InChI=1S/C16H29N/c1-2-8-16(9-10-16)12-17-15-5-3-4-14(11-15)13-6-7-13/h13-15,17H,2-12H2,1H3. The Morgan fingerprint density at radius 2 is 1.88 bits per heavy atom. The molecule has 3 fully saturated rings. The lowest BCUT2D eigenvalue weighted by Gasteiger charge is -2.31. The summed E-state index contributed by atoms with van der Waals surface area (Å²) in [5.41, 5.74) is 0.737. The molecule has 0 aliphatic heterocycles. The van der Waals surface area contributed by atoms with Gasteiger partial charge < -0.3 is 5.32 Å². The molecule has 3 aliphatic rings. The first kappa shape index (κ1) is 12.0. The van der Waals surface area contributed by atoms with E-state index in [1.807, 2.05) is 0 Å². The van der Waals surface area contributed by atoms with Gasteiger partial charge in [0.15, 0.2) is 0 Å². The van der Waals surface area contributed by atoms with Gasteiger partial charge in [0, 0.05) is 12.6 Å². The van der Waals surface area contributed by atoms with Gasteiger partial charge in [-0.25, -0.2) is 0 Å². The molecule has 0 radical (unpaired) electrons. The Balaban J connectivity index is 1.42. The largest absolute Gasteiger partial charge is 0.313 e. The Morgan fingerprint density at radius 3 is 2.53 bits per heavy atom. The average Bonchev–Trinajstić information content (AvgIpc) is 3.23. The van der Waals surface area contributed by atoms with Crippen molar-refractivity contribution in [2.75, 3.05) is 6.54 Å². The van der Waals surface area contributed by atoms with Gasteiger partial charge in [0.2, 0.25) is 0 Å². The predicted octanol–water partition coefficient (Wildman–Crippen LogP) is 4.13. The zero-order chi connectivity index (χ0) is 11.7. The molecule has 1 heteroatoms. The van der Waals surface area contributed by atoms with Gasteiger partial charge in [0.25, 0.3) is 0 Å². The van der Waals surface area contributed by atoms with Crippen molar-refractivity contribution in [2.24, 2.45) is 17.3 Å². The van der Waals surface area contributed by atoms with Crippen molar-refractivity contribution in [2.45, 2.75) is 77.2 Å². The highest BCUT2D eigenvalue weighted by Gasteiger charge is 2.42. The molecule has 0 bridgehead atoms. The summed E-state index contributed by atoms with van der Waals surface area (Å²) in [6.07, 6.45) is 14.9. The molecule has 1 nitrogen and oxygen atoms in total. The van der Waals surface area contributed by atoms with Crippen molar-refractivity contribution in [3.63, 3.8) is 0 Å². The summed E-state index contributed by atoms with van der Waals surface area (Å²) in [6.45, 7) is 3.66. The van der Waals surface area contributed by atoms with E-state index in [0.717, 1.165) is 23.3 Å². The lowest BCUT2D eigenvalue weighted by Crippen LogP contribution is -2.38. The molecule has 98 valence electrons. The summed E-state index contributed by atoms with van der Waals surface area (Å²) >= 11 is 0. The minimum atomic E-state index is 0.737. The lowest BCUT2D eigenvalue weighted by molar-refractivity contribution is 0.248. The maximum Gasteiger partial charge on any atom is 0.00700 e. The third-order valence-electron chi connectivity index (χ3n) is 5.51. The molecule has 3 saturated carbocycles. The monoisotopic (exact) mass is 235 g/mol. The zero-order valence-corrected chi connectivity index (χ0v) is 11.5. The lowest BCUT2D eigenvalue weighted by atomic mass is 9.82. The summed E-state index contributed by atoms with van der Waals surface area (Å²) in [6, 6.07) is 0.865. The van der Waals surface area contributed by atoms with Gasteiger partial charge >= 0.3 is 0 Å². The van der Waals surface area contributed by atoms with E-state index in [2.05, 4.69) is 12.2 Å². The normalized spacial score (nSPS) is 35.8. The second-order valence-corrected chi connectivity index (χ2v) is 7.09. The van der Waals surface area contributed by atoms with E-state index >= 15 is 0 Å². The Hall–Kier alpha value is -0.0400. The first-order valence-corrected chi connectivity index (χ1v) is 8.05. The number of rotatable bonds is 6. The first-order chi connectivity index (χ1) is 8.31. The minimum Gasteiger partial charge on any atom is -0.313 e. The molecule has 17 heavy (non-hydrogen) atoms. The van der Waals surface area contributed by atoms with Crippen LogP contribution >= 0.6 is 0 Å². The Kier molecular flexibility index (Phi) is 3.47. The van der Waals surface area contributed by atoms with Gasteiger partial charge in [-0.3, -0.25) is 0 Å². The van der Waals surface area contributed by atoms with Crippen LogP contribution in [0.1, 0.15) is 71.1 Å². The molecule has 3 aliphatic carbocycles. The van der Waals surface area contributed by atoms with E-state index in [1.165, 1.54) is 70.8 Å². The third kappa shape index (κ3) is 3.05. The van der Waals surface area contributed by atoms with Crippen molar-refractivity contribution in [1.29, 1.82) is 0 Å². The molecule has 0 amide bonds. The second-order valence-electron chi connectivity index (χ2n) is 7.09.